The lowest BCUT2D eigenvalue weighted by Gasteiger charge is -2.18. The molecule has 0 aliphatic carbocycles. The molecule has 110 valence electrons. The lowest BCUT2D eigenvalue weighted by atomic mass is 10.1. The summed E-state index contributed by atoms with van der Waals surface area (Å²) in [5.74, 6) is 1.94. The van der Waals surface area contributed by atoms with Gasteiger partial charge in [-0.25, -0.2) is 0 Å². The number of hydrogen-bond acceptors (Lipinski definition) is 4. The molecule has 0 aliphatic rings. The summed E-state index contributed by atoms with van der Waals surface area (Å²) in [7, 11) is 8.01. The van der Waals surface area contributed by atoms with E-state index in [0.717, 1.165) is 22.8 Å². The fourth-order valence-electron chi connectivity index (χ4n) is 1.73. The van der Waals surface area contributed by atoms with Crippen LogP contribution in [0.25, 0.3) is 0 Å². The van der Waals surface area contributed by atoms with Gasteiger partial charge in [0.05, 0.1) is 0 Å². The maximum atomic E-state index is 4.45. The lowest BCUT2D eigenvalue weighted by molar-refractivity contribution is 0.624. The van der Waals surface area contributed by atoms with Crippen molar-refractivity contribution in [1.29, 1.82) is 0 Å². The van der Waals surface area contributed by atoms with Crippen LogP contribution in [0, 0.1) is 0 Å². The summed E-state index contributed by atoms with van der Waals surface area (Å²) in [5, 5.41) is 0. The Morgan fingerprint density at radius 3 is 1.25 bits per heavy atom. The summed E-state index contributed by atoms with van der Waals surface area (Å²) in [6, 6.07) is 8.35. The zero-order chi connectivity index (χ0) is 15.1. The Bertz CT molecular complexity index is 433. The number of rotatable bonds is 4. The minimum Gasteiger partial charge on any atom is -0.362 e. The molecule has 0 aliphatic heterocycles. The molecule has 6 heteroatoms. The quantitative estimate of drug-likeness (QED) is 0.486. The topological polar surface area (TPSA) is 31.2 Å². The van der Waals surface area contributed by atoms with Crippen LogP contribution in [0.2, 0.25) is 0 Å². The molecule has 1 aromatic rings. The monoisotopic (exact) mass is 310 g/mol. The van der Waals surface area contributed by atoms with Gasteiger partial charge in [-0.1, -0.05) is 24.3 Å². The van der Waals surface area contributed by atoms with Crippen molar-refractivity contribution in [1.82, 2.24) is 9.80 Å². The Balaban J connectivity index is 3.10. The first-order valence-electron chi connectivity index (χ1n) is 6.19. The summed E-state index contributed by atoms with van der Waals surface area (Å²) in [5.41, 5.74) is 2.21. The van der Waals surface area contributed by atoms with Gasteiger partial charge in [-0.15, -0.1) is 0 Å². The van der Waals surface area contributed by atoms with Crippen LogP contribution in [-0.2, 0) is 0 Å². The van der Waals surface area contributed by atoms with E-state index in [-0.39, 0.29) is 0 Å². The van der Waals surface area contributed by atoms with Crippen LogP contribution in [0.3, 0.4) is 0 Å². The second kappa shape index (κ2) is 8.21. The van der Waals surface area contributed by atoms with E-state index >= 15 is 0 Å². The number of nitrogens with zero attached hydrogens (tertiary/aromatic N) is 4. The Labute approximate surface area is 130 Å². The molecular weight excluding hydrogens is 288 g/mol. The third-order valence-electron chi connectivity index (χ3n) is 2.60. The highest BCUT2D eigenvalue weighted by atomic mass is 32.2. The summed E-state index contributed by atoms with van der Waals surface area (Å²) in [6.07, 6.45) is 3.93. The van der Waals surface area contributed by atoms with E-state index in [2.05, 4.69) is 33.1 Å². The Morgan fingerprint density at radius 2 is 1.05 bits per heavy atom. The Morgan fingerprint density at radius 1 is 0.750 bits per heavy atom. The van der Waals surface area contributed by atoms with Crippen LogP contribution in [0.15, 0.2) is 33.1 Å². The van der Waals surface area contributed by atoms with Crippen LogP contribution in [-0.4, -0.2) is 62.2 Å². The molecule has 0 saturated heterocycles. The summed E-state index contributed by atoms with van der Waals surface area (Å²) >= 11 is 2.93. The third-order valence-corrected chi connectivity index (χ3v) is 3.32. The Hall–Kier alpha value is -1.14. The van der Waals surface area contributed by atoms with Gasteiger partial charge in [-0.2, -0.15) is 8.80 Å². The minimum absolute atomic E-state index is 0.970. The molecule has 0 saturated carbocycles. The van der Waals surface area contributed by atoms with Gasteiger partial charge in [0, 0.05) is 51.8 Å². The molecule has 0 atom stereocenters. The number of hydrogen-bond donors (Lipinski definition) is 0. The molecule has 4 nitrogen and oxygen atoms in total. The van der Waals surface area contributed by atoms with Crippen molar-refractivity contribution < 1.29 is 0 Å². The molecule has 0 spiro atoms. The predicted molar refractivity (Wildman–Crippen MR) is 93.9 cm³/mol. The molecule has 1 rings (SSSR count). The Kier molecular flexibility index (Phi) is 6.95. The first-order chi connectivity index (χ1) is 9.51. The molecule has 0 radical (unpaired) electrons. The maximum absolute atomic E-state index is 4.45. The average Bonchev–Trinajstić information content (AvgIpc) is 2.42. The van der Waals surface area contributed by atoms with Crippen molar-refractivity contribution in [3.63, 3.8) is 0 Å². The van der Waals surface area contributed by atoms with E-state index < -0.39 is 0 Å². The second-order valence-corrected chi connectivity index (χ2v) is 5.66. The first kappa shape index (κ1) is 16.9. The molecule has 0 N–H and O–H groups in total. The molecule has 20 heavy (non-hydrogen) atoms. The second-order valence-electron chi connectivity index (χ2n) is 4.56. The number of benzene rings is 1. The van der Waals surface area contributed by atoms with Gasteiger partial charge < -0.3 is 9.80 Å². The van der Waals surface area contributed by atoms with Gasteiger partial charge in [0.25, 0.3) is 0 Å². The summed E-state index contributed by atoms with van der Waals surface area (Å²) in [4.78, 5) is 4.04. The summed E-state index contributed by atoms with van der Waals surface area (Å²) in [6.45, 7) is 0. The van der Waals surface area contributed by atoms with Crippen molar-refractivity contribution >= 4 is 35.6 Å². The highest BCUT2D eigenvalue weighted by Gasteiger charge is 2.09. The molecule has 0 amide bonds. The fraction of sp³-hybridized carbons (Fsp3) is 0.429. The van der Waals surface area contributed by atoms with Gasteiger partial charge >= 0.3 is 0 Å². The van der Waals surface area contributed by atoms with Gasteiger partial charge in [0.15, 0.2) is 0 Å². The van der Waals surface area contributed by atoms with Gasteiger partial charge in [-0.3, -0.25) is 0 Å². The van der Waals surface area contributed by atoms with Crippen molar-refractivity contribution in [2.45, 2.75) is 0 Å². The smallest absolute Gasteiger partial charge is 0.143 e. The molecule has 0 unspecified atom stereocenters. The highest BCUT2D eigenvalue weighted by Crippen LogP contribution is 2.13. The molecule has 0 bridgehead atoms. The van der Waals surface area contributed by atoms with Crippen LogP contribution in [0.4, 0.5) is 0 Å². The van der Waals surface area contributed by atoms with E-state index in [1.165, 1.54) is 23.9 Å². The average molecular weight is 310 g/mol. The van der Waals surface area contributed by atoms with Gasteiger partial charge in [-0.05, 0) is 23.9 Å². The normalized spacial score (nSPS) is 12.5. The van der Waals surface area contributed by atoms with E-state index in [9.17, 15) is 0 Å². The van der Waals surface area contributed by atoms with E-state index in [1.807, 2.05) is 50.5 Å². The van der Waals surface area contributed by atoms with E-state index in [4.69, 9.17) is 0 Å². The highest BCUT2D eigenvalue weighted by molar-refractivity contribution is 7.97. The van der Waals surface area contributed by atoms with Crippen molar-refractivity contribution in [3.8, 4) is 0 Å². The molecule has 0 aromatic heterocycles. The third kappa shape index (κ3) is 4.45. The zero-order valence-electron chi connectivity index (χ0n) is 12.9. The first-order valence-corrected chi connectivity index (χ1v) is 8.55. The van der Waals surface area contributed by atoms with Crippen LogP contribution in [0.1, 0.15) is 11.1 Å². The van der Waals surface area contributed by atoms with Crippen molar-refractivity contribution in [3.05, 3.63) is 35.4 Å². The molecular formula is C14H22N4S2. The molecule has 0 heterocycles. The predicted octanol–water partition coefficient (Wildman–Crippen LogP) is 2.86. The van der Waals surface area contributed by atoms with Gasteiger partial charge in [0.1, 0.15) is 11.7 Å². The van der Waals surface area contributed by atoms with Crippen LogP contribution in [0.5, 0.6) is 0 Å². The van der Waals surface area contributed by atoms with E-state index in [0.29, 0.717) is 0 Å². The van der Waals surface area contributed by atoms with Gasteiger partial charge in [0.2, 0.25) is 0 Å². The molecule has 0 fully saturated rings. The zero-order valence-corrected chi connectivity index (χ0v) is 14.5. The summed E-state index contributed by atoms with van der Waals surface area (Å²) < 4.78 is 8.91. The van der Waals surface area contributed by atoms with Crippen molar-refractivity contribution in [2.75, 3.05) is 40.7 Å². The molecule has 1 aromatic carbocycles. The van der Waals surface area contributed by atoms with Crippen molar-refractivity contribution in [2.24, 2.45) is 8.80 Å². The minimum atomic E-state index is 0.970. The van der Waals surface area contributed by atoms with Crippen LogP contribution < -0.4 is 0 Å². The largest absolute Gasteiger partial charge is 0.362 e. The maximum Gasteiger partial charge on any atom is 0.143 e. The fourth-order valence-corrected chi connectivity index (χ4v) is 2.61. The number of amidine groups is 2. The SMILES string of the molecule is CSN=C(c1ccc(C(=NSC)N(C)C)cc1)N(C)C. The standard InChI is InChI=1S/C14H22N4S2/c1-17(2)13(15-19-5)11-7-9-12(10-8-11)14(16-20-6)18(3)4/h7-10H,1-6H3. The van der Waals surface area contributed by atoms with Crippen LogP contribution >= 0.6 is 23.9 Å². The van der Waals surface area contributed by atoms with E-state index in [1.54, 1.807) is 0 Å². The lowest BCUT2D eigenvalue weighted by Crippen LogP contribution is -2.24.